The second-order valence-corrected chi connectivity index (χ2v) is 6.66. The molecule has 110 valence electrons. The third kappa shape index (κ3) is 3.04. The van der Waals surface area contributed by atoms with Gasteiger partial charge in [-0.05, 0) is 67.4 Å². The molecule has 20 heavy (non-hydrogen) atoms. The summed E-state index contributed by atoms with van der Waals surface area (Å²) in [5, 5.41) is 0. The molecule has 3 heteroatoms. The smallest absolute Gasteiger partial charge is 0.123 e. The molecule has 1 aliphatic heterocycles. The topological polar surface area (TPSA) is 29.3 Å². The minimum atomic E-state index is -0.160. The van der Waals surface area contributed by atoms with E-state index in [0.29, 0.717) is 12.0 Å². The number of hydrogen-bond acceptors (Lipinski definition) is 2. The standard InChI is InChI=1S/C17H25FN2/c18-16-10-14(12-19)9-15(11-16)13-20-7-5-17(6-8-20)3-1-2-4-17/h9-11H,1-8,12-13,19H2. The lowest BCUT2D eigenvalue weighted by Gasteiger charge is -2.39. The molecule has 2 fully saturated rings. The zero-order valence-electron chi connectivity index (χ0n) is 12.2. The maximum Gasteiger partial charge on any atom is 0.123 e. The molecule has 0 bridgehead atoms. The second-order valence-electron chi connectivity index (χ2n) is 6.66. The van der Waals surface area contributed by atoms with Crippen molar-refractivity contribution in [2.75, 3.05) is 13.1 Å². The lowest BCUT2D eigenvalue weighted by molar-refractivity contribution is 0.103. The van der Waals surface area contributed by atoms with Crippen LogP contribution in [-0.2, 0) is 13.1 Å². The van der Waals surface area contributed by atoms with Crippen molar-refractivity contribution in [1.29, 1.82) is 0 Å². The summed E-state index contributed by atoms with van der Waals surface area (Å²) in [5.41, 5.74) is 8.23. The van der Waals surface area contributed by atoms with Gasteiger partial charge in [-0.1, -0.05) is 18.9 Å². The van der Waals surface area contributed by atoms with Crippen LogP contribution < -0.4 is 5.73 Å². The van der Waals surface area contributed by atoms with Gasteiger partial charge in [0.2, 0.25) is 0 Å². The largest absolute Gasteiger partial charge is 0.326 e. The summed E-state index contributed by atoms with van der Waals surface area (Å²) < 4.78 is 13.5. The van der Waals surface area contributed by atoms with Gasteiger partial charge < -0.3 is 5.73 Å². The van der Waals surface area contributed by atoms with Gasteiger partial charge in [0.1, 0.15) is 5.82 Å². The highest BCUT2D eigenvalue weighted by Crippen LogP contribution is 2.46. The van der Waals surface area contributed by atoms with Crippen molar-refractivity contribution in [1.82, 2.24) is 4.90 Å². The van der Waals surface area contributed by atoms with Crippen molar-refractivity contribution >= 4 is 0 Å². The first kappa shape index (κ1) is 14.0. The number of nitrogens with zero attached hydrogens (tertiary/aromatic N) is 1. The molecule has 1 aromatic rings. The number of nitrogens with two attached hydrogens (primary N) is 1. The van der Waals surface area contributed by atoms with Gasteiger partial charge in [-0.2, -0.15) is 0 Å². The van der Waals surface area contributed by atoms with E-state index in [1.54, 1.807) is 6.07 Å². The monoisotopic (exact) mass is 276 g/mol. The fourth-order valence-corrected chi connectivity index (χ4v) is 4.00. The molecule has 0 aromatic heterocycles. The van der Waals surface area contributed by atoms with Gasteiger partial charge in [-0.15, -0.1) is 0 Å². The van der Waals surface area contributed by atoms with Gasteiger partial charge in [-0.3, -0.25) is 4.90 Å². The SMILES string of the molecule is NCc1cc(F)cc(CN2CCC3(CCCC3)CC2)c1. The molecule has 2 nitrogen and oxygen atoms in total. The molecule has 2 aliphatic rings. The zero-order chi connectivity index (χ0) is 14.0. The summed E-state index contributed by atoms with van der Waals surface area (Å²) in [4.78, 5) is 2.47. The Morgan fingerprint density at radius 3 is 2.30 bits per heavy atom. The molecule has 1 aromatic carbocycles. The van der Waals surface area contributed by atoms with Crippen LogP contribution in [0, 0.1) is 11.2 Å². The van der Waals surface area contributed by atoms with Crippen molar-refractivity contribution < 1.29 is 4.39 Å². The molecule has 0 amide bonds. The van der Waals surface area contributed by atoms with Crippen molar-refractivity contribution in [2.45, 2.75) is 51.6 Å². The van der Waals surface area contributed by atoms with Crippen LogP contribution in [0.4, 0.5) is 4.39 Å². The molecule has 0 radical (unpaired) electrons. The van der Waals surface area contributed by atoms with E-state index in [-0.39, 0.29) is 5.82 Å². The maximum atomic E-state index is 13.5. The Labute approximate surface area is 121 Å². The summed E-state index contributed by atoms with van der Waals surface area (Å²) >= 11 is 0. The Balaban J connectivity index is 1.60. The van der Waals surface area contributed by atoms with Crippen LogP contribution in [0.25, 0.3) is 0 Å². The van der Waals surface area contributed by atoms with E-state index in [2.05, 4.69) is 4.90 Å². The van der Waals surface area contributed by atoms with Crippen LogP contribution in [0.5, 0.6) is 0 Å². The summed E-state index contributed by atoms with van der Waals surface area (Å²) in [6.45, 7) is 3.59. The third-order valence-electron chi connectivity index (χ3n) is 5.24. The molecule has 1 spiro atoms. The van der Waals surface area contributed by atoms with Gasteiger partial charge in [0, 0.05) is 13.1 Å². The van der Waals surface area contributed by atoms with E-state index in [9.17, 15) is 4.39 Å². The molecular formula is C17H25FN2. The molecule has 2 N–H and O–H groups in total. The van der Waals surface area contributed by atoms with Crippen LogP contribution >= 0.6 is 0 Å². The van der Waals surface area contributed by atoms with Gasteiger partial charge in [0.15, 0.2) is 0 Å². The number of hydrogen-bond donors (Lipinski definition) is 1. The number of rotatable bonds is 3. The number of likely N-dealkylation sites (tertiary alicyclic amines) is 1. The lowest BCUT2D eigenvalue weighted by Crippen LogP contribution is -2.38. The number of piperidine rings is 1. The summed E-state index contributed by atoms with van der Waals surface area (Å²) in [6, 6.07) is 5.23. The summed E-state index contributed by atoms with van der Waals surface area (Å²) in [5.74, 6) is -0.160. The van der Waals surface area contributed by atoms with Gasteiger partial charge in [0.25, 0.3) is 0 Å². The van der Waals surface area contributed by atoms with Gasteiger partial charge >= 0.3 is 0 Å². The molecule has 0 unspecified atom stereocenters. The Kier molecular flexibility index (Phi) is 4.08. The van der Waals surface area contributed by atoms with Crippen molar-refractivity contribution in [3.63, 3.8) is 0 Å². The zero-order valence-corrected chi connectivity index (χ0v) is 12.2. The molecule has 0 atom stereocenters. The molecule has 1 saturated heterocycles. The highest BCUT2D eigenvalue weighted by molar-refractivity contribution is 5.24. The average molecular weight is 276 g/mol. The second kappa shape index (κ2) is 5.82. The van der Waals surface area contributed by atoms with E-state index in [1.807, 2.05) is 6.07 Å². The Morgan fingerprint density at radius 2 is 1.65 bits per heavy atom. The van der Waals surface area contributed by atoms with E-state index in [1.165, 1.54) is 44.6 Å². The Bertz CT molecular complexity index is 456. The molecule has 3 rings (SSSR count). The van der Waals surface area contributed by atoms with Gasteiger partial charge in [0.05, 0.1) is 0 Å². The first-order valence-electron chi connectivity index (χ1n) is 7.90. The van der Waals surface area contributed by atoms with Crippen molar-refractivity contribution in [2.24, 2.45) is 11.1 Å². The van der Waals surface area contributed by atoms with Crippen LogP contribution in [0.15, 0.2) is 18.2 Å². The normalized spacial score (nSPS) is 22.5. The minimum Gasteiger partial charge on any atom is -0.326 e. The van der Waals surface area contributed by atoms with Crippen LogP contribution in [0.3, 0.4) is 0 Å². The Morgan fingerprint density at radius 1 is 1.00 bits per heavy atom. The first-order valence-corrected chi connectivity index (χ1v) is 7.90. The lowest BCUT2D eigenvalue weighted by atomic mass is 9.77. The quantitative estimate of drug-likeness (QED) is 0.916. The Hall–Kier alpha value is -0.930. The van der Waals surface area contributed by atoms with E-state index in [0.717, 1.165) is 30.8 Å². The average Bonchev–Trinajstić information content (AvgIpc) is 2.89. The first-order chi connectivity index (χ1) is 9.69. The van der Waals surface area contributed by atoms with Gasteiger partial charge in [-0.25, -0.2) is 4.39 Å². The predicted octanol–water partition coefficient (Wildman–Crippen LogP) is 3.44. The number of halogens is 1. The molecule has 1 aliphatic carbocycles. The predicted molar refractivity (Wildman–Crippen MR) is 79.7 cm³/mol. The fraction of sp³-hybridized carbons (Fsp3) is 0.647. The van der Waals surface area contributed by atoms with Crippen LogP contribution in [0.2, 0.25) is 0 Å². The van der Waals surface area contributed by atoms with Crippen molar-refractivity contribution in [3.8, 4) is 0 Å². The fourth-order valence-electron chi connectivity index (χ4n) is 4.00. The van der Waals surface area contributed by atoms with E-state index < -0.39 is 0 Å². The van der Waals surface area contributed by atoms with E-state index in [4.69, 9.17) is 5.73 Å². The molecule has 1 heterocycles. The minimum absolute atomic E-state index is 0.160. The maximum absolute atomic E-state index is 13.5. The molecule has 1 saturated carbocycles. The third-order valence-corrected chi connectivity index (χ3v) is 5.24. The summed E-state index contributed by atoms with van der Waals surface area (Å²) in [7, 11) is 0. The highest BCUT2D eigenvalue weighted by Gasteiger charge is 2.36. The van der Waals surface area contributed by atoms with Crippen molar-refractivity contribution in [3.05, 3.63) is 35.1 Å². The van der Waals surface area contributed by atoms with E-state index >= 15 is 0 Å². The molecular weight excluding hydrogens is 251 g/mol. The highest BCUT2D eigenvalue weighted by atomic mass is 19.1. The summed E-state index contributed by atoms with van der Waals surface area (Å²) in [6.07, 6.45) is 8.35. The number of benzene rings is 1. The van der Waals surface area contributed by atoms with Crippen LogP contribution in [0.1, 0.15) is 49.7 Å². The van der Waals surface area contributed by atoms with Crippen LogP contribution in [-0.4, -0.2) is 18.0 Å².